The van der Waals surface area contributed by atoms with Crippen LogP contribution in [0.25, 0.3) is 22.6 Å². The molecule has 0 saturated heterocycles. The zero-order valence-electron chi connectivity index (χ0n) is 13.1. The Kier molecular flexibility index (Phi) is 4.23. The molecule has 3 aromatic carbocycles. The van der Waals surface area contributed by atoms with Crippen LogP contribution in [0.15, 0.2) is 76.1 Å². The molecule has 0 aliphatic rings. The van der Waals surface area contributed by atoms with E-state index in [9.17, 15) is 5.11 Å². The lowest BCUT2D eigenvalue weighted by molar-refractivity contribution is 0.474. The first-order chi connectivity index (χ1) is 12.2. The molecule has 1 heterocycles. The van der Waals surface area contributed by atoms with E-state index in [-0.39, 0.29) is 5.75 Å². The fourth-order valence-corrected chi connectivity index (χ4v) is 2.82. The summed E-state index contributed by atoms with van der Waals surface area (Å²) in [7, 11) is 0. The first-order valence-electron chi connectivity index (χ1n) is 7.68. The molecular weight excluding hydrogens is 427 g/mol. The summed E-state index contributed by atoms with van der Waals surface area (Å²) in [6.45, 7) is 0. The molecule has 0 unspecified atom stereocenters. The van der Waals surface area contributed by atoms with Gasteiger partial charge in [0.15, 0.2) is 5.58 Å². The van der Waals surface area contributed by atoms with Gasteiger partial charge in [0, 0.05) is 9.78 Å². The molecule has 0 amide bonds. The van der Waals surface area contributed by atoms with E-state index in [4.69, 9.17) is 4.42 Å². The van der Waals surface area contributed by atoms with Crippen LogP contribution in [0.5, 0.6) is 5.75 Å². The normalized spacial score (nSPS) is 11.4. The molecule has 0 bridgehead atoms. The summed E-state index contributed by atoms with van der Waals surface area (Å²) in [5.41, 5.74) is 3.69. The van der Waals surface area contributed by atoms with Crippen LogP contribution in [0.4, 0.5) is 5.69 Å². The minimum atomic E-state index is 0.111. The van der Waals surface area contributed by atoms with Gasteiger partial charge in [0.05, 0.1) is 11.3 Å². The topological polar surface area (TPSA) is 58.6 Å². The summed E-state index contributed by atoms with van der Waals surface area (Å²) >= 11 is 2.27. The highest BCUT2D eigenvalue weighted by Gasteiger charge is 2.12. The number of aromatic nitrogens is 1. The lowest BCUT2D eigenvalue weighted by atomic mass is 10.1. The Morgan fingerprint density at radius 3 is 2.60 bits per heavy atom. The van der Waals surface area contributed by atoms with E-state index in [1.54, 1.807) is 24.4 Å². The molecule has 0 spiro atoms. The number of benzene rings is 3. The van der Waals surface area contributed by atoms with Crippen molar-refractivity contribution in [2.75, 3.05) is 0 Å². The largest absolute Gasteiger partial charge is 0.507 e. The quantitative estimate of drug-likeness (QED) is 0.336. The zero-order chi connectivity index (χ0) is 17.2. The van der Waals surface area contributed by atoms with Crippen molar-refractivity contribution in [1.82, 2.24) is 4.98 Å². The lowest BCUT2D eigenvalue weighted by Crippen LogP contribution is -1.82. The Labute approximate surface area is 158 Å². The molecule has 25 heavy (non-hydrogen) atoms. The molecule has 0 radical (unpaired) electrons. The average molecular weight is 440 g/mol. The van der Waals surface area contributed by atoms with Crippen LogP contribution in [0.3, 0.4) is 0 Å². The van der Waals surface area contributed by atoms with E-state index in [0.29, 0.717) is 22.7 Å². The molecule has 1 N–H and O–H groups in total. The third-order valence-electron chi connectivity index (χ3n) is 3.74. The smallest absolute Gasteiger partial charge is 0.231 e. The minimum Gasteiger partial charge on any atom is -0.507 e. The second kappa shape index (κ2) is 6.68. The number of phenols is 1. The number of oxazole rings is 1. The van der Waals surface area contributed by atoms with Crippen molar-refractivity contribution in [1.29, 1.82) is 0 Å². The summed E-state index contributed by atoms with van der Waals surface area (Å²) in [6.07, 6.45) is 1.79. The molecule has 0 saturated carbocycles. The van der Waals surface area contributed by atoms with Crippen LogP contribution in [0.1, 0.15) is 5.56 Å². The van der Waals surface area contributed by atoms with Crippen molar-refractivity contribution < 1.29 is 9.52 Å². The highest BCUT2D eigenvalue weighted by atomic mass is 127. The molecule has 0 aliphatic carbocycles. The van der Waals surface area contributed by atoms with Crippen molar-refractivity contribution in [3.63, 3.8) is 0 Å². The second-order valence-corrected chi connectivity index (χ2v) is 6.74. The number of halogens is 1. The maximum Gasteiger partial charge on any atom is 0.231 e. The van der Waals surface area contributed by atoms with E-state index in [1.807, 2.05) is 48.5 Å². The highest BCUT2D eigenvalue weighted by molar-refractivity contribution is 14.1. The molecule has 4 nitrogen and oxygen atoms in total. The van der Waals surface area contributed by atoms with Crippen LogP contribution < -0.4 is 0 Å². The van der Waals surface area contributed by atoms with Gasteiger partial charge in [0.2, 0.25) is 5.89 Å². The predicted molar refractivity (Wildman–Crippen MR) is 108 cm³/mol. The number of hydrogen-bond donors (Lipinski definition) is 1. The number of nitrogens with zero attached hydrogens (tertiary/aromatic N) is 2. The Morgan fingerprint density at radius 1 is 1.00 bits per heavy atom. The van der Waals surface area contributed by atoms with Crippen molar-refractivity contribution in [2.45, 2.75) is 0 Å². The Balaban J connectivity index is 1.69. The standard InChI is InChI=1S/C20H13IN2O2/c21-14-7-5-13(6-8-14)12-22-15-9-10-18(24)16(11-15)20-23-17-3-1-2-4-19(17)25-20/h1-12,24H. The Hall–Kier alpha value is -2.67. The second-order valence-electron chi connectivity index (χ2n) is 5.50. The van der Waals surface area contributed by atoms with Gasteiger partial charge in [-0.1, -0.05) is 24.3 Å². The van der Waals surface area contributed by atoms with Crippen LogP contribution in [-0.4, -0.2) is 16.3 Å². The van der Waals surface area contributed by atoms with Gasteiger partial charge in [0.1, 0.15) is 11.3 Å². The zero-order valence-corrected chi connectivity index (χ0v) is 15.2. The molecule has 4 aromatic rings. The van der Waals surface area contributed by atoms with Crippen LogP contribution >= 0.6 is 22.6 Å². The predicted octanol–water partition coefficient (Wildman–Crippen LogP) is 5.56. The average Bonchev–Trinajstić information content (AvgIpc) is 3.06. The van der Waals surface area contributed by atoms with Gasteiger partial charge in [-0.2, -0.15) is 0 Å². The number of aromatic hydroxyl groups is 1. The van der Waals surface area contributed by atoms with Crippen molar-refractivity contribution in [2.24, 2.45) is 4.99 Å². The molecule has 4 rings (SSSR count). The number of phenolic OH excluding ortho intramolecular Hbond substituents is 1. The molecule has 1 aromatic heterocycles. The number of para-hydroxylation sites is 2. The highest BCUT2D eigenvalue weighted by Crippen LogP contribution is 2.34. The fraction of sp³-hybridized carbons (Fsp3) is 0. The summed E-state index contributed by atoms with van der Waals surface area (Å²) < 4.78 is 6.92. The van der Waals surface area contributed by atoms with Crippen molar-refractivity contribution in [3.05, 3.63) is 75.9 Å². The van der Waals surface area contributed by atoms with Crippen molar-refractivity contribution >= 4 is 45.6 Å². The van der Waals surface area contributed by atoms with Crippen LogP contribution in [0, 0.1) is 3.57 Å². The number of fused-ring (bicyclic) bond motifs is 1. The summed E-state index contributed by atoms with van der Waals surface area (Å²) in [5.74, 6) is 0.491. The first kappa shape index (κ1) is 15.8. The Bertz CT molecular complexity index is 1040. The SMILES string of the molecule is Oc1ccc(N=Cc2ccc(I)cc2)cc1-c1nc2ccccc2o1. The number of hydrogen-bond acceptors (Lipinski definition) is 4. The van der Waals surface area contributed by atoms with E-state index in [0.717, 1.165) is 11.1 Å². The van der Waals surface area contributed by atoms with E-state index >= 15 is 0 Å². The first-order valence-corrected chi connectivity index (χ1v) is 8.75. The number of aliphatic imine (C=N–C) groups is 1. The van der Waals surface area contributed by atoms with Gasteiger partial charge in [0.25, 0.3) is 0 Å². The van der Waals surface area contributed by atoms with E-state index < -0.39 is 0 Å². The molecule has 5 heteroatoms. The van der Waals surface area contributed by atoms with Gasteiger partial charge < -0.3 is 9.52 Å². The van der Waals surface area contributed by atoms with Gasteiger partial charge in [-0.3, -0.25) is 4.99 Å². The number of rotatable bonds is 3. The molecular formula is C20H13IN2O2. The maximum atomic E-state index is 10.2. The van der Waals surface area contributed by atoms with Gasteiger partial charge in [-0.15, -0.1) is 0 Å². The van der Waals surface area contributed by atoms with E-state index in [2.05, 4.69) is 32.6 Å². The fourth-order valence-electron chi connectivity index (χ4n) is 2.46. The molecule has 0 aliphatic heterocycles. The molecule has 0 fully saturated rings. The van der Waals surface area contributed by atoms with Gasteiger partial charge >= 0.3 is 0 Å². The Morgan fingerprint density at radius 2 is 1.80 bits per heavy atom. The van der Waals surface area contributed by atoms with Crippen molar-refractivity contribution in [3.8, 4) is 17.2 Å². The summed E-state index contributed by atoms with van der Waals surface area (Å²) in [4.78, 5) is 8.91. The third kappa shape index (κ3) is 3.41. The summed E-state index contributed by atoms with van der Waals surface area (Å²) in [5, 5.41) is 10.2. The summed E-state index contributed by atoms with van der Waals surface area (Å²) in [6, 6.07) is 20.7. The lowest BCUT2D eigenvalue weighted by Gasteiger charge is -2.02. The molecule has 122 valence electrons. The maximum absolute atomic E-state index is 10.2. The third-order valence-corrected chi connectivity index (χ3v) is 4.46. The van der Waals surface area contributed by atoms with E-state index in [1.165, 1.54) is 3.57 Å². The minimum absolute atomic E-state index is 0.111. The van der Waals surface area contributed by atoms with Gasteiger partial charge in [-0.25, -0.2) is 4.98 Å². The monoisotopic (exact) mass is 440 g/mol. The van der Waals surface area contributed by atoms with Gasteiger partial charge in [-0.05, 0) is 70.6 Å². The van der Waals surface area contributed by atoms with Crippen LogP contribution in [0.2, 0.25) is 0 Å². The van der Waals surface area contributed by atoms with Crippen LogP contribution in [-0.2, 0) is 0 Å². The molecule has 0 atom stereocenters.